The third-order valence-corrected chi connectivity index (χ3v) is 6.25. The average molecular weight is 500 g/mol. The van der Waals surface area contributed by atoms with Crippen molar-refractivity contribution < 1.29 is 32.2 Å². The highest BCUT2D eigenvalue weighted by atomic mass is 19.4. The fraction of sp³-hybridized carbons (Fsp3) is 0.545. The zero-order valence-electron chi connectivity index (χ0n) is 18.6. The number of hydrogen-bond acceptors (Lipinski definition) is 6. The van der Waals surface area contributed by atoms with Crippen LogP contribution in [-0.2, 0) is 35.8 Å². The van der Waals surface area contributed by atoms with Crippen molar-refractivity contribution in [3.8, 4) is 0 Å². The Kier molecular flexibility index (Phi) is 6.82. The first-order chi connectivity index (χ1) is 16.5. The molecule has 35 heavy (non-hydrogen) atoms. The van der Waals surface area contributed by atoms with Crippen LogP contribution in [0.5, 0.6) is 0 Å². The van der Waals surface area contributed by atoms with Crippen LogP contribution in [0.1, 0.15) is 30.7 Å². The monoisotopic (exact) mass is 500 g/mol. The second-order valence-electron chi connectivity index (χ2n) is 9.10. The Morgan fingerprint density at radius 2 is 1.80 bits per heavy atom. The molecule has 2 aliphatic heterocycles. The first-order valence-corrected chi connectivity index (χ1v) is 11.1. The van der Waals surface area contributed by atoms with Crippen LogP contribution in [0.25, 0.3) is 0 Å². The number of benzene rings is 1. The molecule has 1 atom stereocenters. The van der Waals surface area contributed by atoms with Gasteiger partial charge in [-0.1, -0.05) is 12.1 Å². The van der Waals surface area contributed by atoms with E-state index in [0.717, 1.165) is 31.4 Å². The number of ether oxygens (including phenoxy) is 1. The summed E-state index contributed by atoms with van der Waals surface area (Å²) in [7, 11) is 0. The van der Waals surface area contributed by atoms with Crippen molar-refractivity contribution in [3.05, 3.63) is 62.2 Å². The van der Waals surface area contributed by atoms with Crippen molar-refractivity contribution in [2.45, 2.75) is 57.3 Å². The van der Waals surface area contributed by atoms with E-state index in [1.165, 1.54) is 21.4 Å². The maximum Gasteiger partial charge on any atom is 0.490 e. The highest BCUT2D eigenvalue weighted by Gasteiger charge is 2.43. The van der Waals surface area contributed by atoms with Gasteiger partial charge in [-0.25, -0.2) is 13.9 Å². The van der Waals surface area contributed by atoms with Gasteiger partial charge >= 0.3 is 23.3 Å². The minimum Gasteiger partial charge on any atom is -0.475 e. The third-order valence-electron chi connectivity index (χ3n) is 6.25. The highest BCUT2D eigenvalue weighted by Crippen LogP contribution is 2.32. The van der Waals surface area contributed by atoms with Crippen molar-refractivity contribution in [1.29, 1.82) is 0 Å². The summed E-state index contributed by atoms with van der Waals surface area (Å²) in [6, 6.07) is 6.50. The molecule has 1 aromatic carbocycles. The summed E-state index contributed by atoms with van der Waals surface area (Å²) < 4.78 is 53.8. The molecule has 1 saturated carbocycles. The molecule has 3 aliphatic rings. The Bertz CT molecular complexity index is 1210. The van der Waals surface area contributed by atoms with Gasteiger partial charge in [-0.05, 0) is 42.9 Å². The largest absolute Gasteiger partial charge is 0.490 e. The van der Waals surface area contributed by atoms with Gasteiger partial charge in [-0.15, -0.1) is 0 Å². The number of halogens is 4. The van der Waals surface area contributed by atoms with Crippen molar-refractivity contribution in [2.75, 3.05) is 13.1 Å². The lowest BCUT2D eigenvalue weighted by molar-refractivity contribution is -0.192. The predicted molar refractivity (Wildman–Crippen MR) is 113 cm³/mol. The van der Waals surface area contributed by atoms with Crippen LogP contribution in [0, 0.1) is 11.7 Å². The number of fused-ring (bicyclic) bond motifs is 1. The van der Waals surface area contributed by atoms with Gasteiger partial charge in [0.05, 0.1) is 6.54 Å². The molecule has 0 radical (unpaired) electrons. The SMILES string of the molecule is O=C(O)C(F)(F)F.O=c1c(=O)n2c(nn1CC1CC1)COC1(CCN(Cc3ccc(F)cc3)C1)C2. The van der Waals surface area contributed by atoms with Gasteiger partial charge in [0.2, 0.25) is 0 Å². The van der Waals surface area contributed by atoms with Crippen molar-refractivity contribution in [2.24, 2.45) is 5.92 Å². The van der Waals surface area contributed by atoms with Crippen LogP contribution in [0.4, 0.5) is 17.6 Å². The molecule has 3 heterocycles. The van der Waals surface area contributed by atoms with Gasteiger partial charge in [-0.2, -0.15) is 18.3 Å². The van der Waals surface area contributed by atoms with Crippen LogP contribution in [0.15, 0.2) is 33.9 Å². The Labute approximate surface area is 196 Å². The molecule has 2 fully saturated rings. The molecule has 5 rings (SSSR count). The van der Waals surface area contributed by atoms with Gasteiger partial charge in [0, 0.05) is 26.2 Å². The zero-order valence-corrected chi connectivity index (χ0v) is 18.6. The van der Waals surface area contributed by atoms with E-state index >= 15 is 0 Å². The number of likely N-dealkylation sites (tertiary alicyclic amines) is 1. The standard InChI is InChI=1S/C20H23FN4O3.C2HF3O2/c21-16-5-3-14(4-6-16)9-23-8-7-20(12-23)13-24-17(11-28-20)22-25(10-15-1-2-15)19(27)18(24)26;3-2(4,5)1(6)7/h3-6,15H,1-2,7-13H2;(H,6,7). The molecule has 1 saturated heterocycles. The summed E-state index contributed by atoms with van der Waals surface area (Å²) in [5.41, 5.74) is -0.469. The molecule has 1 unspecified atom stereocenters. The Balaban J connectivity index is 0.000000364. The minimum atomic E-state index is -5.08. The fourth-order valence-electron chi connectivity index (χ4n) is 4.23. The van der Waals surface area contributed by atoms with Crippen LogP contribution < -0.4 is 11.1 Å². The highest BCUT2D eigenvalue weighted by molar-refractivity contribution is 5.73. The van der Waals surface area contributed by atoms with Crippen molar-refractivity contribution >= 4 is 5.97 Å². The second kappa shape index (κ2) is 9.53. The lowest BCUT2D eigenvalue weighted by atomic mass is 10.0. The minimum absolute atomic E-state index is 0.241. The number of aromatic nitrogens is 3. The Morgan fingerprint density at radius 1 is 1.14 bits per heavy atom. The van der Waals surface area contributed by atoms with Gasteiger partial charge in [-0.3, -0.25) is 19.1 Å². The first kappa shape index (κ1) is 25.0. The van der Waals surface area contributed by atoms with E-state index in [1.54, 1.807) is 12.1 Å². The molecular weight excluding hydrogens is 476 g/mol. The fourth-order valence-corrected chi connectivity index (χ4v) is 4.23. The molecule has 1 aliphatic carbocycles. The second-order valence-corrected chi connectivity index (χ2v) is 9.10. The van der Waals surface area contributed by atoms with Gasteiger partial charge in [0.1, 0.15) is 18.0 Å². The number of alkyl halides is 3. The summed E-state index contributed by atoms with van der Waals surface area (Å²) in [6.07, 6.45) is -2.11. The molecule has 0 bridgehead atoms. The predicted octanol–water partition coefficient (Wildman–Crippen LogP) is 1.76. The maximum absolute atomic E-state index is 13.1. The number of nitrogens with zero attached hydrogens (tertiary/aromatic N) is 4. The maximum atomic E-state index is 13.1. The summed E-state index contributed by atoms with van der Waals surface area (Å²) in [5.74, 6) is -1.99. The van der Waals surface area contributed by atoms with Crippen LogP contribution in [0.3, 0.4) is 0 Å². The summed E-state index contributed by atoms with van der Waals surface area (Å²) in [5, 5.41) is 11.5. The van der Waals surface area contributed by atoms with Crippen molar-refractivity contribution in [1.82, 2.24) is 19.2 Å². The molecule has 190 valence electrons. The number of rotatable bonds is 4. The van der Waals surface area contributed by atoms with Crippen molar-refractivity contribution in [3.63, 3.8) is 0 Å². The number of carbonyl (C=O) groups is 1. The summed E-state index contributed by atoms with van der Waals surface area (Å²) in [6.45, 7) is 3.32. The van der Waals surface area contributed by atoms with E-state index in [9.17, 15) is 27.2 Å². The zero-order chi connectivity index (χ0) is 25.4. The van der Waals surface area contributed by atoms with Gasteiger partial charge in [0.25, 0.3) is 0 Å². The molecule has 1 N–H and O–H groups in total. The smallest absolute Gasteiger partial charge is 0.475 e. The number of carboxylic acid groups (broad SMARTS) is 1. The third kappa shape index (κ3) is 5.96. The van der Waals surface area contributed by atoms with Gasteiger partial charge < -0.3 is 9.84 Å². The van der Waals surface area contributed by atoms with E-state index in [1.807, 2.05) is 0 Å². The molecule has 2 aromatic rings. The lowest BCUT2D eigenvalue weighted by Gasteiger charge is -2.35. The summed E-state index contributed by atoms with van der Waals surface area (Å²) >= 11 is 0. The number of aliphatic carboxylic acids is 1. The lowest BCUT2D eigenvalue weighted by Crippen LogP contribution is -2.53. The normalized spacial score (nSPS) is 21.9. The van der Waals surface area contributed by atoms with Crippen LogP contribution in [0.2, 0.25) is 0 Å². The average Bonchev–Trinajstić information content (AvgIpc) is 3.54. The number of carboxylic acids is 1. The van der Waals surface area contributed by atoms with E-state index in [4.69, 9.17) is 14.6 Å². The molecular formula is C22H24F4N4O5. The quantitative estimate of drug-likeness (QED) is 0.504. The van der Waals surface area contributed by atoms with Crippen LogP contribution >= 0.6 is 0 Å². The van der Waals surface area contributed by atoms with Gasteiger partial charge in [0.15, 0.2) is 5.82 Å². The molecule has 1 aromatic heterocycles. The van der Waals surface area contributed by atoms with Crippen LogP contribution in [-0.4, -0.2) is 55.2 Å². The van der Waals surface area contributed by atoms with E-state index < -0.39 is 28.9 Å². The molecule has 1 spiro atoms. The number of hydrogen-bond donors (Lipinski definition) is 1. The Hall–Kier alpha value is -3.06. The van der Waals surface area contributed by atoms with E-state index in [2.05, 4.69) is 10.00 Å². The Morgan fingerprint density at radius 3 is 2.40 bits per heavy atom. The molecule has 9 nitrogen and oxygen atoms in total. The van der Waals surface area contributed by atoms with E-state index in [-0.39, 0.29) is 12.4 Å². The first-order valence-electron chi connectivity index (χ1n) is 11.1. The topological polar surface area (TPSA) is 107 Å². The molecule has 13 heteroatoms. The summed E-state index contributed by atoms with van der Waals surface area (Å²) in [4.78, 5) is 36.2. The molecule has 0 amide bonds. The van der Waals surface area contributed by atoms with E-state index in [0.29, 0.717) is 37.9 Å².